The molecular formula is C28H34N2O3. The molecule has 2 unspecified atom stereocenters. The average molecular weight is 447 g/mol. The quantitative estimate of drug-likeness (QED) is 0.419. The van der Waals surface area contributed by atoms with Gasteiger partial charge in [0.2, 0.25) is 0 Å². The van der Waals surface area contributed by atoms with Crippen molar-refractivity contribution < 1.29 is 14.6 Å². The number of rotatable bonds is 11. The Balaban J connectivity index is 1.63. The second-order valence-corrected chi connectivity index (χ2v) is 8.63. The van der Waals surface area contributed by atoms with Crippen LogP contribution in [0.1, 0.15) is 28.7 Å². The summed E-state index contributed by atoms with van der Waals surface area (Å²) in [5.41, 5.74) is 10.5. The van der Waals surface area contributed by atoms with E-state index in [0.29, 0.717) is 19.3 Å². The van der Waals surface area contributed by atoms with Crippen LogP contribution in [-0.4, -0.2) is 35.8 Å². The molecule has 0 saturated carbocycles. The van der Waals surface area contributed by atoms with Crippen molar-refractivity contribution in [2.24, 2.45) is 5.73 Å². The molecule has 0 fully saturated rings. The lowest BCUT2D eigenvalue weighted by Crippen LogP contribution is -2.48. The van der Waals surface area contributed by atoms with Crippen LogP contribution in [-0.2, 0) is 17.6 Å². The summed E-state index contributed by atoms with van der Waals surface area (Å²) in [4.78, 5) is 12.7. The SMILES string of the molecule is Cc1cccc(C)c1OCC(=O)NC(Cc1ccccc1)[C@@H](O)CC(N)Cc1ccccc1. The summed E-state index contributed by atoms with van der Waals surface area (Å²) < 4.78 is 5.80. The lowest BCUT2D eigenvalue weighted by molar-refractivity contribution is -0.124. The van der Waals surface area contributed by atoms with Crippen molar-refractivity contribution >= 4 is 5.91 Å². The van der Waals surface area contributed by atoms with E-state index in [1.54, 1.807) is 0 Å². The zero-order valence-corrected chi connectivity index (χ0v) is 19.4. The third kappa shape index (κ3) is 7.74. The first-order chi connectivity index (χ1) is 15.9. The molecule has 5 heteroatoms. The molecule has 3 rings (SSSR count). The standard InChI is InChI=1S/C28H34N2O3/c1-20-10-9-11-21(2)28(20)33-19-27(32)30-25(17-23-14-7-4-8-15-23)26(31)18-24(29)16-22-12-5-3-6-13-22/h3-15,24-26,31H,16-19,29H2,1-2H3,(H,30,32)/t24?,25?,26-/m0/s1. The number of carbonyl (C=O) groups excluding carboxylic acids is 1. The number of hydrogen-bond acceptors (Lipinski definition) is 4. The zero-order chi connectivity index (χ0) is 23.6. The van der Waals surface area contributed by atoms with Crippen molar-refractivity contribution in [3.63, 3.8) is 0 Å². The Morgan fingerprint density at radius 1 is 0.879 bits per heavy atom. The predicted molar refractivity (Wildman–Crippen MR) is 132 cm³/mol. The largest absolute Gasteiger partial charge is 0.483 e. The highest BCUT2D eigenvalue weighted by Crippen LogP contribution is 2.22. The molecule has 3 atom stereocenters. The summed E-state index contributed by atoms with van der Waals surface area (Å²) in [7, 11) is 0. The van der Waals surface area contributed by atoms with E-state index in [4.69, 9.17) is 10.5 Å². The minimum absolute atomic E-state index is 0.111. The Morgan fingerprint density at radius 3 is 2.00 bits per heavy atom. The Morgan fingerprint density at radius 2 is 1.42 bits per heavy atom. The second kappa shape index (κ2) is 12.2. The number of hydrogen-bond donors (Lipinski definition) is 3. The molecule has 0 bridgehead atoms. The average Bonchev–Trinajstić information content (AvgIpc) is 2.79. The number of aliphatic hydroxyl groups is 1. The molecule has 0 heterocycles. The summed E-state index contributed by atoms with van der Waals surface area (Å²) in [5, 5.41) is 14.0. The van der Waals surface area contributed by atoms with Crippen LogP contribution in [0.15, 0.2) is 78.9 Å². The maximum Gasteiger partial charge on any atom is 0.258 e. The molecule has 0 aliphatic carbocycles. The zero-order valence-electron chi connectivity index (χ0n) is 19.4. The number of benzene rings is 3. The van der Waals surface area contributed by atoms with Gasteiger partial charge in [-0.05, 0) is 55.4 Å². The van der Waals surface area contributed by atoms with Gasteiger partial charge in [-0.25, -0.2) is 0 Å². The minimum Gasteiger partial charge on any atom is -0.483 e. The summed E-state index contributed by atoms with van der Waals surface area (Å²) >= 11 is 0. The van der Waals surface area contributed by atoms with Gasteiger partial charge in [0, 0.05) is 6.04 Å². The first-order valence-corrected chi connectivity index (χ1v) is 11.4. The number of nitrogens with one attached hydrogen (secondary N) is 1. The monoisotopic (exact) mass is 446 g/mol. The lowest BCUT2D eigenvalue weighted by Gasteiger charge is -2.27. The highest BCUT2D eigenvalue weighted by molar-refractivity contribution is 5.78. The second-order valence-electron chi connectivity index (χ2n) is 8.63. The Hall–Kier alpha value is -3.15. The topological polar surface area (TPSA) is 84.6 Å². The smallest absolute Gasteiger partial charge is 0.258 e. The van der Waals surface area contributed by atoms with Crippen LogP contribution in [0.2, 0.25) is 0 Å². The number of ether oxygens (including phenoxy) is 1. The van der Waals surface area contributed by atoms with Crippen LogP contribution in [0.25, 0.3) is 0 Å². The van der Waals surface area contributed by atoms with E-state index in [1.165, 1.54) is 0 Å². The van der Waals surface area contributed by atoms with Gasteiger partial charge in [0.1, 0.15) is 5.75 Å². The first kappa shape index (κ1) is 24.5. The lowest BCUT2D eigenvalue weighted by atomic mass is 9.94. The van der Waals surface area contributed by atoms with Gasteiger partial charge in [0.15, 0.2) is 6.61 Å². The van der Waals surface area contributed by atoms with Gasteiger partial charge in [0.25, 0.3) is 5.91 Å². The summed E-state index contributed by atoms with van der Waals surface area (Å²) in [6.07, 6.45) is 0.771. The fourth-order valence-electron chi connectivity index (χ4n) is 4.04. The maximum absolute atomic E-state index is 12.7. The van der Waals surface area contributed by atoms with E-state index in [2.05, 4.69) is 5.32 Å². The number of aryl methyl sites for hydroxylation is 2. The van der Waals surface area contributed by atoms with E-state index in [9.17, 15) is 9.90 Å². The maximum atomic E-state index is 12.7. The summed E-state index contributed by atoms with van der Waals surface area (Å²) in [6, 6.07) is 25.0. The number of carbonyl (C=O) groups is 1. The van der Waals surface area contributed by atoms with Crippen molar-refractivity contribution in [3.8, 4) is 5.75 Å². The molecule has 0 aliphatic rings. The van der Waals surface area contributed by atoms with Crippen LogP contribution < -0.4 is 15.8 Å². The van der Waals surface area contributed by atoms with Crippen molar-refractivity contribution in [1.29, 1.82) is 0 Å². The molecule has 0 spiro atoms. The Labute approximate surface area is 196 Å². The van der Waals surface area contributed by atoms with Crippen molar-refractivity contribution in [3.05, 3.63) is 101 Å². The van der Waals surface area contributed by atoms with E-state index in [1.807, 2.05) is 92.7 Å². The fourth-order valence-corrected chi connectivity index (χ4v) is 4.04. The molecule has 0 aromatic heterocycles. The van der Waals surface area contributed by atoms with E-state index < -0.39 is 12.1 Å². The minimum atomic E-state index is -0.784. The molecule has 0 radical (unpaired) electrons. The normalized spacial score (nSPS) is 13.7. The van der Waals surface area contributed by atoms with Crippen molar-refractivity contribution in [2.75, 3.05) is 6.61 Å². The van der Waals surface area contributed by atoms with E-state index in [0.717, 1.165) is 28.0 Å². The van der Waals surface area contributed by atoms with Crippen LogP contribution in [0.3, 0.4) is 0 Å². The Kier molecular flexibility index (Phi) is 9.04. The third-order valence-electron chi connectivity index (χ3n) is 5.75. The van der Waals surface area contributed by atoms with E-state index >= 15 is 0 Å². The fraction of sp³-hybridized carbons (Fsp3) is 0.321. The number of amides is 1. The Bertz CT molecular complexity index is 988. The highest BCUT2D eigenvalue weighted by atomic mass is 16.5. The number of nitrogens with two attached hydrogens (primary N) is 1. The molecule has 0 aliphatic heterocycles. The summed E-state index contributed by atoms with van der Waals surface area (Å²) in [5.74, 6) is 0.451. The van der Waals surface area contributed by atoms with Crippen LogP contribution in [0.4, 0.5) is 0 Å². The van der Waals surface area contributed by atoms with Gasteiger partial charge in [-0.15, -0.1) is 0 Å². The highest BCUT2D eigenvalue weighted by Gasteiger charge is 2.24. The molecule has 0 saturated heterocycles. The predicted octanol–water partition coefficient (Wildman–Crippen LogP) is 3.73. The van der Waals surface area contributed by atoms with Crippen LogP contribution in [0.5, 0.6) is 5.75 Å². The molecule has 33 heavy (non-hydrogen) atoms. The number of aliphatic hydroxyl groups excluding tert-OH is 1. The molecule has 5 nitrogen and oxygen atoms in total. The molecular weight excluding hydrogens is 412 g/mol. The third-order valence-corrected chi connectivity index (χ3v) is 5.75. The molecule has 3 aromatic rings. The molecule has 1 amide bonds. The molecule has 4 N–H and O–H groups in total. The van der Waals surface area contributed by atoms with Crippen LogP contribution in [0, 0.1) is 13.8 Å². The number of para-hydroxylation sites is 1. The van der Waals surface area contributed by atoms with Crippen LogP contribution >= 0.6 is 0 Å². The van der Waals surface area contributed by atoms with Gasteiger partial charge in [-0.2, -0.15) is 0 Å². The van der Waals surface area contributed by atoms with Gasteiger partial charge >= 0.3 is 0 Å². The van der Waals surface area contributed by atoms with E-state index in [-0.39, 0.29) is 18.6 Å². The van der Waals surface area contributed by atoms with Gasteiger partial charge in [-0.3, -0.25) is 4.79 Å². The molecule has 174 valence electrons. The van der Waals surface area contributed by atoms with Gasteiger partial charge in [-0.1, -0.05) is 78.9 Å². The van der Waals surface area contributed by atoms with Crippen molar-refractivity contribution in [1.82, 2.24) is 5.32 Å². The summed E-state index contributed by atoms with van der Waals surface area (Å²) in [6.45, 7) is 3.80. The van der Waals surface area contributed by atoms with Gasteiger partial charge < -0.3 is 20.9 Å². The van der Waals surface area contributed by atoms with Crippen molar-refractivity contribution in [2.45, 2.75) is 51.3 Å². The first-order valence-electron chi connectivity index (χ1n) is 11.4. The van der Waals surface area contributed by atoms with Gasteiger partial charge in [0.05, 0.1) is 12.1 Å². The molecule has 3 aromatic carbocycles.